The summed E-state index contributed by atoms with van der Waals surface area (Å²) in [6.07, 6.45) is 2.03. The maximum Gasteiger partial charge on any atom is 0.191 e. The maximum atomic E-state index is 4.49. The fourth-order valence-electron chi connectivity index (χ4n) is 2.71. The minimum Gasteiger partial charge on any atom is -0.356 e. The molecule has 2 rings (SSSR count). The minimum absolute atomic E-state index is 0. The predicted octanol–water partition coefficient (Wildman–Crippen LogP) is 3.67. The third-order valence-corrected chi connectivity index (χ3v) is 4.88. The molecule has 0 fully saturated rings. The van der Waals surface area contributed by atoms with E-state index >= 15 is 0 Å². The Bertz CT molecular complexity index is 677. The van der Waals surface area contributed by atoms with Gasteiger partial charge in [-0.05, 0) is 52.3 Å². The van der Waals surface area contributed by atoms with Crippen molar-refractivity contribution in [2.45, 2.75) is 53.1 Å². The third-order valence-electron chi connectivity index (χ3n) is 3.85. The lowest BCUT2D eigenvalue weighted by Gasteiger charge is -2.17. The van der Waals surface area contributed by atoms with Gasteiger partial charge in [0.15, 0.2) is 5.96 Å². The molecule has 5 nitrogen and oxygen atoms in total. The van der Waals surface area contributed by atoms with Crippen molar-refractivity contribution in [3.63, 3.8) is 0 Å². The number of nitrogens with one attached hydrogen (secondary N) is 2. The molecule has 7 heteroatoms. The molecule has 2 aromatic rings. The highest BCUT2D eigenvalue weighted by Crippen LogP contribution is 2.16. The molecule has 0 saturated heterocycles. The van der Waals surface area contributed by atoms with E-state index in [1.807, 2.05) is 25.3 Å². The lowest BCUT2D eigenvalue weighted by atomic mass is 10.2. The maximum absolute atomic E-state index is 4.49. The molecule has 0 radical (unpaired) electrons. The first-order valence-electron chi connectivity index (χ1n) is 8.51. The Morgan fingerprint density at radius 3 is 2.64 bits per heavy atom. The number of thiophene rings is 1. The molecular weight excluding hydrogens is 445 g/mol. The fraction of sp³-hybridized carbons (Fsp3) is 0.556. The molecule has 1 unspecified atom stereocenters. The van der Waals surface area contributed by atoms with Crippen LogP contribution in [0.15, 0.2) is 23.2 Å². The van der Waals surface area contributed by atoms with Gasteiger partial charge in [0.1, 0.15) is 0 Å². The van der Waals surface area contributed by atoms with Gasteiger partial charge in [0.2, 0.25) is 0 Å². The average Bonchev–Trinajstić information content (AvgIpc) is 3.07. The molecule has 0 aliphatic carbocycles. The van der Waals surface area contributed by atoms with Crippen molar-refractivity contribution >= 4 is 41.3 Å². The smallest absolute Gasteiger partial charge is 0.191 e. The SMILES string of the molecule is CN=C(NCCCn1nc(C)cc1C)NC(C)Cc1ccc(C)s1.I. The van der Waals surface area contributed by atoms with Crippen LogP contribution in [0.3, 0.4) is 0 Å². The molecular formula is C18H30IN5S. The molecule has 2 heterocycles. The zero-order valence-corrected chi connectivity index (χ0v) is 18.9. The van der Waals surface area contributed by atoms with Crippen LogP contribution in [0.5, 0.6) is 0 Å². The van der Waals surface area contributed by atoms with E-state index < -0.39 is 0 Å². The summed E-state index contributed by atoms with van der Waals surface area (Å²) in [6, 6.07) is 6.86. The van der Waals surface area contributed by atoms with Crippen molar-refractivity contribution in [1.29, 1.82) is 0 Å². The average molecular weight is 475 g/mol. The summed E-state index contributed by atoms with van der Waals surface area (Å²) in [6.45, 7) is 10.3. The number of hydrogen-bond donors (Lipinski definition) is 2. The van der Waals surface area contributed by atoms with Crippen molar-refractivity contribution in [2.24, 2.45) is 4.99 Å². The largest absolute Gasteiger partial charge is 0.356 e. The first-order valence-corrected chi connectivity index (χ1v) is 9.33. The Hall–Kier alpha value is -1.09. The van der Waals surface area contributed by atoms with Gasteiger partial charge in [-0.25, -0.2) is 0 Å². The summed E-state index contributed by atoms with van der Waals surface area (Å²) in [5.41, 5.74) is 2.30. The van der Waals surface area contributed by atoms with Crippen LogP contribution < -0.4 is 10.6 Å². The summed E-state index contributed by atoms with van der Waals surface area (Å²) in [7, 11) is 1.82. The summed E-state index contributed by atoms with van der Waals surface area (Å²) in [4.78, 5) is 7.09. The van der Waals surface area contributed by atoms with Crippen LogP contribution in [0.25, 0.3) is 0 Å². The van der Waals surface area contributed by atoms with Crippen molar-refractivity contribution < 1.29 is 0 Å². The van der Waals surface area contributed by atoms with Gasteiger partial charge in [0, 0.05) is 48.0 Å². The molecule has 0 amide bonds. The molecule has 0 saturated carbocycles. The molecule has 0 bridgehead atoms. The van der Waals surface area contributed by atoms with Gasteiger partial charge in [0.25, 0.3) is 0 Å². The van der Waals surface area contributed by atoms with E-state index in [1.165, 1.54) is 15.4 Å². The fourth-order valence-corrected chi connectivity index (χ4v) is 3.73. The van der Waals surface area contributed by atoms with Crippen LogP contribution >= 0.6 is 35.3 Å². The molecule has 0 aliphatic rings. The van der Waals surface area contributed by atoms with Gasteiger partial charge in [-0.2, -0.15) is 5.10 Å². The number of aromatic nitrogens is 2. The normalized spacial score (nSPS) is 12.6. The molecule has 1 atom stereocenters. The van der Waals surface area contributed by atoms with Crippen molar-refractivity contribution in [3.8, 4) is 0 Å². The number of hydrogen-bond acceptors (Lipinski definition) is 3. The first kappa shape index (κ1) is 22.0. The number of rotatable bonds is 7. The van der Waals surface area contributed by atoms with Gasteiger partial charge < -0.3 is 10.6 Å². The molecule has 0 aromatic carbocycles. The Morgan fingerprint density at radius 1 is 1.32 bits per heavy atom. The number of halogens is 1. The summed E-state index contributed by atoms with van der Waals surface area (Å²) >= 11 is 1.86. The minimum atomic E-state index is 0. The van der Waals surface area contributed by atoms with Crippen LogP contribution in [-0.4, -0.2) is 35.4 Å². The second-order valence-corrected chi connectivity index (χ2v) is 7.64. The molecule has 140 valence electrons. The summed E-state index contributed by atoms with van der Waals surface area (Å²) in [5.74, 6) is 0.865. The van der Waals surface area contributed by atoms with E-state index in [1.54, 1.807) is 0 Å². The van der Waals surface area contributed by atoms with Crippen molar-refractivity contribution in [1.82, 2.24) is 20.4 Å². The van der Waals surface area contributed by atoms with E-state index in [0.717, 1.165) is 37.6 Å². The van der Waals surface area contributed by atoms with Crippen LogP contribution in [0.2, 0.25) is 0 Å². The highest BCUT2D eigenvalue weighted by Gasteiger charge is 2.08. The van der Waals surface area contributed by atoms with E-state index in [0.29, 0.717) is 6.04 Å². The van der Waals surface area contributed by atoms with Crippen LogP contribution in [0.4, 0.5) is 0 Å². The standard InChI is InChI=1S/C18H29N5S.HI/c1-13(12-17-8-7-16(4)24-17)21-18(19-5)20-9-6-10-23-15(3)11-14(2)22-23;/h7-8,11,13H,6,9-10,12H2,1-5H3,(H2,19,20,21);1H. The Balaban J connectivity index is 0.00000312. The first-order chi connectivity index (χ1) is 11.5. The van der Waals surface area contributed by atoms with Gasteiger partial charge >= 0.3 is 0 Å². The monoisotopic (exact) mass is 475 g/mol. The number of aliphatic imine (C=N–C) groups is 1. The van der Waals surface area contributed by atoms with Crippen LogP contribution in [0.1, 0.15) is 34.5 Å². The second-order valence-electron chi connectivity index (χ2n) is 6.26. The van der Waals surface area contributed by atoms with Gasteiger partial charge in [-0.1, -0.05) is 0 Å². The molecule has 2 aromatic heterocycles. The van der Waals surface area contributed by atoms with Crippen molar-refractivity contribution in [3.05, 3.63) is 39.3 Å². The van der Waals surface area contributed by atoms with Gasteiger partial charge in [-0.3, -0.25) is 9.67 Å². The molecule has 2 N–H and O–H groups in total. The molecule has 25 heavy (non-hydrogen) atoms. The summed E-state index contributed by atoms with van der Waals surface area (Å²) in [5, 5.41) is 11.3. The zero-order chi connectivity index (χ0) is 17.5. The Labute approximate surface area is 172 Å². The quantitative estimate of drug-likeness (QED) is 0.278. The number of nitrogens with zero attached hydrogens (tertiary/aromatic N) is 3. The number of guanidine groups is 1. The van der Waals surface area contributed by atoms with E-state index in [-0.39, 0.29) is 24.0 Å². The van der Waals surface area contributed by atoms with Crippen molar-refractivity contribution in [2.75, 3.05) is 13.6 Å². The van der Waals surface area contributed by atoms with Crippen LogP contribution in [0, 0.1) is 20.8 Å². The zero-order valence-electron chi connectivity index (χ0n) is 15.8. The van der Waals surface area contributed by atoms with Gasteiger partial charge in [-0.15, -0.1) is 35.3 Å². The lowest BCUT2D eigenvalue weighted by Crippen LogP contribution is -2.43. The topological polar surface area (TPSA) is 54.2 Å². The highest BCUT2D eigenvalue weighted by atomic mass is 127. The molecule has 0 spiro atoms. The third kappa shape index (κ3) is 7.35. The Kier molecular flexibility index (Phi) is 9.48. The molecule has 0 aliphatic heterocycles. The van der Waals surface area contributed by atoms with E-state index in [2.05, 4.69) is 64.4 Å². The number of aryl methyl sites for hydroxylation is 4. The van der Waals surface area contributed by atoms with E-state index in [4.69, 9.17) is 0 Å². The van der Waals surface area contributed by atoms with Crippen LogP contribution in [-0.2, 0) is 13.0 Å². The second kappa shape index (κ2) is 10.8. The predicted molar refractivity (Wildman–Crippen MR) is 118 cm³/mol. The Morgan fingerprint density at radius 2 is 2.08 bits per heavy atom. The highest BCUT2D eigenvalue weighted by molar-refractivity contribution is 14.0. The lowest BCUT2D eigenvalue weighted by molar-refractivity contribution is 0.552. The van der Waals surface area contributed by atoms with Gasteiger partial charge in [0.05, 0.1) is 5.69 Å². The summed E-state index contributed by atoms with van der Waals surface area (Å²) < 4.78 is 2.06. The van der Waals surface area contributed by atoms with E-state index in [9.17, 15) is 0 Å².